The van der Waals surface area contributed by atoms with E-state index in [0.29, 0.717) is 23.7 Å². The molecule has 0 radical (unpaired) electrons. The highest BCUT2D eigenvalue weighted by Gasteiger charge is 2.31. The number of rotatable bonds is 7. The molecule has 1 aliphatic rings. The highest BCUT2D eigenvalue weighted by molar-refractivity contribution is 5.76. The van der Waals surface area contributed by atoms with Gasteiger partial charge in [0.1, 0.15) is 0 Å². The Bertz CT molecular complexity index is 257. The molecule has 0 aromatic heterocycles. The predicted molar refractivity (Wildman–Crippen MR) is 76.3 cm³/mol. The smallest absolute Gasteiger partial charge is 0.222 e. The SMILES string of the molecule is CCCC(CCN)CCC(=O)N1CCC(C)(C)C1. The predicted octanol–water partition coefficient (Wildman–Crippen LogP) is 2.79. The lowest BCUT2D eigenvalue weighted by molar-refractivity contribution is -0.130. The van der Waals surface area contributed by atoms with E-state index in [0.717, 1.165) is 38.9 Å². The summed E-state index contributed by atoms with van der Waals surface area (Å²) < 4.78 is 0. The molecule has 0 saturated carbocycles. The van der Waals surface area contributed by atoms with Crippen molar-refractivity contribution >= 4 is 5.91 Å². The first kappa shape index (κ1) is 15.5. The van der Waals surface area contributed by atoms with E-state index in [-0.39, 0.29) is 0 Å². The number of nitrogens with zero attached hydrogens (tertiary/aromatic N) is 1. The summed E-state index contributed by atoms with van der Waals surface area (Å²) in [5.74, 6) is 0.985. The first-order chi connectivity index (χ1) is 8.48. The summed E-state index contributed by atoms with van der Waals surface area (Å²) in [4.78, 5) is 14.2. The maximum atomic E-state index is 12.1. The molecule has 2 N–H and O–H groups in total. The van der Waals surface area contributed by atoms with E-state index in [1.54, 1.807) is 0 Å². The molecule has 0 aromatic carbocycles. The molecule has 1 amide bonds. The fourth-order valence-electron chi connectivity index (χ4n) is 2.89. The molecule has 0 bridgehead atoms. The van der Waals surface area contributed by atoms with Gasteiger partial charge in [0.05, 0.1) is 0 Å². The lowest BCUT2D eigenvalue weighted by Gasteiger charge is -2.21. The second kappa shape index (κ2) is 7.13. The molecule has 1 unspecified atom stereocenters. The van der Waals surface area contributed by atoms with Gasteiger partial charge in [-0.05, 0) is 37.1 Å². The number of carbonyl (C=O) groups excluding carboxylic acids is 1. The lowest BCUT2D eigenvalue weighted by Crippen LogP contribution is -2.30. The first-order valence-electron chi connectivity index (χ1n) is 7.46. The summed E-state index contributed by atoms with van der Waals surface area (Å²) in [5, 5.41) is 0. The monoisotopic (exact) mass is 254 g/mol. The van der Waals surface area contributed by atoms with Crippen molar-refractivity contribution in [3.63, 3.8) is 0 Å². The van der Waals surface area contributed by atoms with Crippen LogP contribution in [-0.4, -0.2) is 30.4 Å². The minimum Gasteiger partial charge on any atom is -0.342 e. The van der Waals surface area contributed by atoms with Crippen LogP contribution in [0.4, 0.5) is 0 Å². The van der Waals surface area contributed by atoms with Crippen molar-refractivity contribution in [1.82, 2.24) is 4.90 Å². The van der Waals surface area contributed by atoms with Crippen molar-refractivity contribution in [3.05, 3.63) is 0 Å². The van der Waals surface area contributed by atoms with Crippen molar-refractivity contribution in [1.29, 1.82) is 0 Å². The summed E-state index contributed by atoms with van der Waals surface area (Å²) >= 11 is 0. The number of amides is 1. The van der Waals surface area contributed by atoms with Crippen molar-refractivity contribution in [2.24, 2.45) is 17.1 Å². The van der Waals surface area contributed by atoms with E-state index in [1.807, 2.05) is 4.90 Å². The van der Waals surface area contributed by atoms with E-state index >= 15 is 0 Å². The summed E-state index contributed by atoms with van der Waals surface area (Å²) in [5.41, 5.74) is 5.94. The lowest BCUT2D eigenvalue weighted by atomic mass is 9.93. The minimum absolute atomic E-state index is 0.315. The van der Waals surface area contributed by atoms with E-state index < -0.39 is 0 Å². The van der Waals surface area contributed by atoms with Crippen LogP contribution in [0.15, 0.2) is 0 Å². The molecule has 0 aliphatic carbocycles. The Kier molecular flexibility index (Phi) is 6.13. The van der Waals surface area contributed by atoms with Gasteiger partial charge in [0.25, 0.3) is 0 Å². The molecule has 1 heterocycles. The molecule has 0 aromatic rings. The Morgan fingerprint density at radius 1 is 1.33 bits per heavy atom. The molecule has 1 rings (SSSR count). The number of hydrogen-bond acceptors (Lipinski definition) is 2. The Hall–Kier alpha value is -0.570. The van der Waals surface area contributed by atoms with Crippen LogP contribution >= 0.6 is 0 Å². The zero-order valence-corrected chi connectivity index (χ0v) is 12.4. The molecule has 18 heavy (non-hydrogen) atoms. The molecule has 1 saturated heterocycles. The van der Waals surface area contributed by atoms with Crippen molar-refractivity contribution < 1.29 is 4.79 Å². The fraction of sp³-hybridized carbons (Fsp3) is 0.933. The van der Waals surface area contributed by atoms with Gasteiger partial charge in [-0.25, -0.2) is 0 Å². The molecular formula is C15H30N2O. The van der Waals surface area contributed by atoms with Crippen molar-refractivity contribution in [2.45, 2.75) is 59.3 Å². The second-order valence-corrected chi connectivity index (χ2v) is 6.50. The molecule has 1 fully saturated rings. The maximum Gasteiger partial charge on any atom is 0.222 e. The summed E-state index contributed by atoms with van der Waals surface area (Å²) in [6.07, 6.45) is 6.32. The summed E-state index contributed by atoms with van der Waals surface area (Å²) in [6, 6.07) is 0. The van der Waals surface area contributed by atoms with Gasteiger partial charge in [0.15, 0.2) is 0 Å². The van der Waals surface area contributed by atoms with E-state index in [9.17, 15) is 4.79 Å². The van der Waals surface area contributed by atoms with Crippen LogP contribution in [0.2, 0.25) is 0 Å². The fourth-order valence-corrected chi connectivity index (χ4v) is 2.89. The van der Waals surface area contributed by atoms with Crippen molar-refractivity contribution in [2.75, 3.05) is 19.6 Å². The van der Waals surface area contributed by atoms with Crippen molar-refractivity contribution in [3.8, 4) is 0 Å². The zero-order valence-electron chi connectivity index (χ0n) is 12.4. The first-order valence-corrected chi connectivity index (χ1v) is 7.46. The van der Waals surface area contributed by atoms with Crippen LogP contribution < -0.4 is 5.73 Å². The number of likely N-dealkylation sites (tertiary alicyclic amines) is 1. The molecule has 3 heteroatoms. The maximum absolute atomic E-state index is 12.1. The van der Waals surface area contributed by atoms with Crippen LogP contribution in [0.5, 0.6) is 0 Å². The highest BCUT2D eigenvalue weighted by atomic mass is 16.2. The molecule has 1 aliphatic heterocycles. The van der Waals surface area contributed by atoms with Gasteiger partial charge in [-0.15, -0.1) is 0 Å². The zero-order chi connectivity index (χ0) is 13.6. The topological polar surface area (TPSA) is 46.3 Å². The third-order valence-electron chi connectivity index (χ3n) is 4.07. The van der Waals surface area contributed by atoms with E-state index in [4.69, 9.17) is 5.73 Å². The van der Waals surface area contributed by atoms with Crippen LogP contribution in [0.25, 0.3) is 0 Å². The number of hydrogen-bond donors (Lipinski definition) is 1. The van der Waals surface area contributed by atoms with E-state index in [2.05, 4.69) is 20.8 Å². The van der Waals surface area contributed by atoms with Gasteiger partial charge in [0.2, 0.25) is 5.91 Å². The average Bonchev–Trinajstić information content (AvgIpc) is 2.67. The quantitative estimate of drug-likeness (QED) is 0.759. The van der Waals surface area contributed by atoms with Crippen LogP contribution in [0.1, 0.15) is 59.3 Å². The Morgan fingerprint density at radius 3 is 2.56 bits per heavy atom. The number of carbonyl (C=O) groups is 1. The van der Waals surface area contributed by atoms with Crippen LogP contribution in [-0.2, 0) is 4.79 Å². The van der Waals surface area contributed by atoms with Gasteiger partial charge >= 0.3 is 0 Å². The standard InChI is InChI=1S/C15H30N2O/c1-4-5-13(8-10-16)6-7-14(18)17-11-9-15(2,3)12-17/h13H,4-12,16H2,1-3H3. The van der Waals surface area contributed by atoms with Gasteiger partial charge < -0.3 is 10.6 Å². The Labute approximate surface area is 112 Å². The third kappa shape index (κ3) is 4.97. The average molecular weight is 254 g/mol. The second-order valence-electron chi connectivity index (χ2n) is 6.50. The highest BCUT2D eigenvalue weighted by Crippen LogP contribution is 2.29. The number of nitrogens with two attached hydrogens (primary N) is 1. The van der Waals surface area contributed by atoms with Crippen LogP contribution in [0.3, 0.4) is 0 Å². The van der Waals surface area contributed by atoms with Gasteiger partial charge in [-0.1, -0.05) is 33.6 Å². The van der Waals surface area contributed by atoms with Crippen LogP contribution in [0, 0.1) is 11.3 Å². The summed E-state index contributed by atoms with van der Waals surface area (Å²) in [6.45, 7) is 9.31. The molecule has 106 valence electrons. The van der Waals surface area contributed by atoms with E-state index in [1.165, 1.54) is 12.8 Å². The molecule has 3 nitrogen and oxygen atoms in total. The van der Waals surface area contributed by atoms with Gasteiger partial charge in [-0.2, -0.15) is 0 Å². The normalized spacial score (nSPS) is 20.1. The third-order valence-corrected chi connectivity index (χ3v) is 4.07. The molecule has 0 spiro atoms. The largest absolute Gasteiger partial charge is 0.342 e. The minimum atomic E-state index is 0.315. The van der Waals surface area contributed by atoms with Gasteiger partial charge in [-0.3, -0.25) is 4.79 Å². The Morgan fingerprint density at radius 2 is 2.06 bits per heavy atom. The molecular weight excluding hydrogens is 224 g/mol. The Balaban J connectivity index is 2.31. The van der Waals surface area contributed by atoms with Gasteiger partial charge in [0, 0.05) is 19.5 Å². The summed E-state index contributed by atoms with van der Waals surface area (Å²) in [7, 11) is 0. The molecule has 1 atom stereocenters.